The number of rotatable bonds is 8. The molecule has 0 aliphatic carbocycles. The number of amides is 1. The van der Waals surface area contributed by atoms with E-state index in [0.29, 0.717) is 42.8 Å². The van der Waals surface area contributed by atoms with Gasteiger partial charge in [-0.05, 0) is 48.7 Å². The second-order valence-electron chi connectivity index (χ2n) is 9.37. The third-order valence-corrected chi connectivity index (χ3v) is 8.69. The predicted octanol–water partition coefficient (Wildman–Crippen LogP) is 3.59. The van der Waals surface area contributed by atoms with E-state index in [-0.39, 0.29) is 17.3 Å². The molecule has 1 N–H and O–H groups in total. The molecule has 1 amide bonds. The minimum absolute atomic E-state index is 0.0230. The number of carboxylic acids is 1. The van der Waals surface area contributed by atoms with E-state index in [1.165, 1.54) is 16.3 Å². The molecule has 1 aromatic heterocycles. The Morgan fingerprint density at radius 2 is 1.71 bits per heavy atom. The van der Waals surface area contributed by atoms with Crippen LogP contribution < -0.4 is 0 Å². The van der Waals surface area contributed by atoms with E-state index in [2.05, 4.69) is 0 Å². The number of carbonyl (C=O) groups is 2. The molecule has 1 saturated heterocycles. The van der Waals surface area contributed by atoms with E-state index < -0.39 is 22.0 Å². The summed E-state index contributed by atoms with van der Waals surface area (Å²) in [5, 5.41) is 9.50. The van der Waals surface area contributed by atoms with E-state index in [1.54, 1.807) is 48.5 Å². The molecule has 0 radical (unpaired) electrons. The number of carbonyl (C=O) groups excluding carboxylic acids is 1. The summed E-state index contributed by atoms with van der Waals surface area (Å²) in [6, 6.07) is 22.3. The lowest BCUT2D eigenvalue weighted by Gasteiger charge is -2.21. The Morgan fingerprint density at radius 3 is 2.39 bits per heavy atom. The summed E-state index contributed by atoms with van der Waals surface area (Å²) >= 11 is 0. The number of sulfonamides is 1. The fourth-order valence-corrected chi connectivity index (χ4v) is 6.01. The molecule has 1 fully saturated rings. The van der Waals surface area contributed by atoms with Gasteiger partial charge in [0, 0.05) is 25.7 Å². The molecule has 0 bridgehead atoms. The summed E-state index contributed by atoms with van der Waals surface area (Å²) in [5.74, 6) is -0.825. The molecule has 3 aromatic carbocycles. The van der Waals surface area contributed by atoms with Crippen LogP contribution in [-0.4, -0.2) is 63.8 Å². The first kappa shape index (κ1) is 25.6. The zero-order valence-corrected chi connectivity index (χ0v) is 21.7. The summed E-state index contributed by atoms with van der Waals surface area (Å²) in [6.07, 6.45) is 1.07. The number of nitrogens with zero attached hydrogens (tertiary/aromatic N) is 4. The maximum Gasteiger partial charge on any atom is 0.326 e. The largest absolute Gasteiger partial charge is 0.480 e. The summed E-state index contributed by atoms with van der Waals surface area (Å²) < 4.78 is 29.6. The zero-order chi connectivity index (χ0) is 26.9. The monoisotopic (exact) mass is 532 g/mol. The first-order valence-electron chi connectivity index (χ1n) is 12.3. The van der Waals surface area contributed by atoms with Crippen molar-refractivity contribution >= 4 is 32.9 Å². The van der Waals surface area contributed by atoms with E-state index in [9.17, 15) is 23.1 Å². The topological polar surface area (TPSA) is 113 Å². The average molecular weight is 533 g/mol. The molecule has 5 rings (SSSR count). The van der Waals surface area contributed by atoms with Crippen LogP contribution in [0.15, 0.2) is 83.8 Å². The second-order valence-corrected chi connectivity index (χ2v) is 11.4. The number of likely N-dealkylation sites (tertiary alicyclic amines) is 1. The van der Waals surface area contributed by atoms with Gasteiger partial charge in [0.2, 0.25) is 10.0 Å². The zero-order valence-electron chi connectivity index (χ0n) is 20.9. The fraction of sp³-hybridized carbons (Fsp3) is 0.250. The summed E-state index contributed by atoms with van der Waals surface area (Å²) in [5.41, 5.74) is 2.66. The molecular weight excluding hydrogens is 504 g/mol. The lowest BCUT2D eigenvalue weighted by Crippen LogP contribution is -2.40. The van der Waals surface area contributed by atoms with Crippen LogP contribution in [0.3, 0.4) is 0 Å². The maximum absolute atomic E-state index is 13.2. The highest BCUT2D eigenvalue weighted by atomic mass is 32.2. The molecule has 1 aliphatic heterocycles. The van der Waals surface area contributed by atoms with Crippen LogP contribution in [0.4, 0.5) is 0 Å². The van der Waals surface area contributed by atoms with Gasteiger partial charge >= 0.3 is 5.97 Å². The molecule has 38 heavy (non-hydrogen) atoms. The van der Waals surface area contributed by atoms with Gasteiger partial charge in [0.15, 0.2) is 0 Å². The minimum Gasteiger partial charge on any atom is -0.480 e. The number of fused-ring (bicyclic) bond motifs is 1. The lowest BCUT2D eigenvalue weighted by molar-refractivity contribution is -0.141. The molecule has 1 atom stereocenters. The van der Waals surface area contributed by atoms with Gasteiger partial charge in [0.05, 0.1) is 22.5 Å². The molecule has 1 aliphatic rings. The number of aliphatic carboxylic acids is 1. The maximum atomic E-state index is 13.2. The molecule has 10 heteroatoms. The van der Waals surface area contributed by atoms with E-state index >= 15 is 0 Å². The molecule has 196 valence electrons. The van der Waals surface area contributed by atoms with Crippen molar-refractivity contribution in [2.45, 2.75) is 36.9 Å². The van der Waals surface area contributed by atoms with E-state index in [4.69, 9.17) is 4.98 Å². The van der Waals surface area contributed by atoms with Crippen molar-refractivity contribution in [3.63, 3.8) is 0 Å². The van der Waals surface area contributed by atoms with Crippen LogP contribution in [0.1, 0.15) is 34.6 Å². The standard InChI is InChI=1S/C28H28N4O5S/c1-30(38(36,37)22-11-6-3-7-12-22)19-26-29-23-17-21(27(33)31-16-8-13-25(31)28(34)35)14-15-24(23)32(26)18-20-9-4-2-5-10-20/h2-7,9-12,14-15,17,25H,8,13,16,18-19H2,1H3,(H,34,35). The van der Waals surface area contributed by atoms with Crippen LogP contribution in [0.5, 0.6) is 0 Å². The first-order valence-corrected chi connectivity index (χ1v) is 13.8. The SMILES string of the molecule is CN(Cc1nc2cc(C(=O)N3CCCC3C(=O)O)ccc2n1Cc1ccccc1)S(=O)(=O)c1ccccc1. The Hall–Kier alpha value is -4.02. The van der Waals surface area contributed by atoms with Gasteiger partial charge in [-0.25, -0.2) is 18.2 Å². The third-order valence-electron chi connectivity index (χ3n) is 6.87. The van der Waals surface area contributed by atoms with Crippen LogP contribution in [0.2, 0.25) is 0 Å². The molecule has 0 saturated carbocycles. The van der Waals surface area contributed by atoms with Crippen LogP contribution in [0, 0.1) is 0 Å². The Labute approximate surface area is 221 Å². The number of imidazole rings is 1. The van der Waals surface area contributed by atoms with Crippen LogP contribution in [0.25, 0.3) is 11.0 Å². The smallest absolute Gasteiger partial charge is 0.326 e. The third kappa shape index (κ3) is 4.92. The molecule has 0 spiro atoms. The van der Waals surface area contributed by atoms with E-state index in [1.807, 2.05) is 34.9 Å². The minimum atomic E-state index is -3.75. The van der Waals surface area contributed by atoms with Gasteiger partial charge in [-0.2, -0.15) is 4.31 Å². The van der Waals surface area contributed by atoms with Crippen molar-refractivity contribution in [3.05, 3.63) is 95.8 Å². The summed E-state index contributed by atoms with van der Waals surface area (Å²) in [6.45, 7) is 0.880. The van der Waals surface area contributed by atoms with Gasteiger partial charge < -0.3 is 14.6 Å². The first-order chi connectivity index (χ1) is 18.3. The quantitative estimate of drug-likeness (QED) is 0.371. The Kier molecular flexibility index (Phi) is 7.00. The highest BCUT2D eigenvalue weighted by molar-refractivity contribution is 7.89. The van der Waals surface area contributed by atoms with Crippen molar-refractivity contribution in [1.29, 1.82) is 0 Å². The van der Waals surface area contributed by atoms with Crippen LogP contribution in [-0.2, 0) is 27.9 Å². The van der Waals surface area contributed by atoms with Gasteiger partial charge in [-0.1, -0.05) is 48.5 Å². The van der Waals surface area contributed by atoms with E-state index in [0.717, 1.165) is 11.1 Å². The second kappa shape index (κ2) is 10.4. The number of carboxylic acid groups (broad SMARTS) is 1. The number of aromatic nitrogens is 2. The normalized spacial score (nSPS) is 15.8. The number of hydrogen-bond acceptors (Lipinski definition) is 5. The summed E-state index contributed by atoms with van der Waals surface area (Å²) in [4.78, 5) is 31.1. The molecule has 4 aromatic rings. The molecule has 9 nitrogen and oxygen atoms in total. The van der Waals surface area contributed by atoms with Gasteiger partial charge in [0.25, 0.3) is 5.91 Å². The van der Waals surface area contributed by atoms with Gasteiger partial charge in [0.1, 0.15) is 11.9 Å². The van der Waals surface area contributed by atoms with Crippen molar-refractivity contribution in [2.24, 2.45) is 0 Å². The predicted molar refractivity (Wildman–Crippen MR) is 142 cm³/mol. The van der Waals surface area contributed by atoms with Gasteiger partial charge in [-0.15, -0.1) is 0 Å². The average Bonchev–Trinajstić information content (AvgIpc) is 3.54. The molecule has 2 heterocycles. The molecule has 1 unspecified atom stereocenters. The van der Waals surface area contributed by atoms with Crippen molar-refractivity contribution < 1.29 is 23.1 Å². The highest BCUT2D eigenvalue weighted by Gasteiger charge is 2.34. The lowest BCUT2D eigenvalue weighted by atomic mass is 10.1. The van der Waals surface area contributed by atoms with Crippen LogP contribution >= 0.6 is 0 Å². The van der Waals surface area contributed by atoms with Crippen molar-refractivity contribution in [3.8, 4) is 0 Å². The molecular formula is C28H28N4O5S. The van der Waals surface area contributed by atoms with Crippen molar-refractivity contribution in [1.82, 2.24) is 18.8 Å². The highest BCUT2D eigenvalue weighted by Crippen LogP contribution is 2.25. The Morgan fingerprint density at radius 1 is 1.03 bits per heavy atom. The summed E-state index contributed by atoms with van der Waals surface area (Å²) in [7, 11) is -2.23. The Bertz CT molecular complexity index is 1590. The fourth-order valence-electron chi connectivity index (χ4n) is 4.86. The number of hydrogen-bond donors (Lipinski definition) is 1. The number of benzene rings is 3. The van der Waals surface area contributed by atoms with Gasteiger partial charge in [-0.3, -0.25) is 4.79 Å². The van der Waals surface area contributed by atoms with Crippen molar-refractivity contribution in [2.75, 3.05) is 13.6 Å². The Balaban J connectivity index is 1.52.